The first-order chi connectivity index (χ1) is 13.7. The fourth-order valence-corrected chi connectivity index (χ4v) is 2.44. The van der Waals surface area contributed by atoms with E-state index in [9.17, 15) is 26.3 Å². The van der Waals surface area contributed by atoms with Gasteiger partial charge in [0.05, 0.1) is 0 Å². The maximum absolute atomic E-state index is 13.1. The number of rotatable bonds is 4. The summed E-state index contributed by atoms with van der Waals surface area (Å²) in [6.45, 7) is -0.758. The van der Waals surface area contributed by atoms with Gasteiger partial charge in [0.15, 0.2) is 0 Å². The lowest BCUT2D eigenvalue weighted by Gasteiger charge is -2.15. The lowest BCUT2D eigenvalue weighted by Crippen LogP contribution is -2.19. The summed E-state index contributed by atoms with van der Waals surface area (Å²) in [5.41, 5.74) is 0.00587. The molecule has 2 atom stereocenters. The van der Waals surface area contributed by atoms with Crippen molar-refractivity contribution in [1.82, 2.24) is 0 Å². The van der Waals surface area contributed by atoms with Crippen molar-refractivity contribution in [1.29, 1.82) is 0 Å². The molecule has 1 nitrogen and oxygen atoms in total. The third-order valence-electron chi connectivity index (χ3n) is 3.76. The summed E-state index contributed by atoms with van der Waals surface area (Å²) in [7, 11) is 0. The Morgan fingerprint density at radius 2 is 0.966 bits per heavy atom. The van der Waals surface area contributed by atoms with Gasteiger partial charge in [-0.15, -0.1) is 0 Å². The summed E-state index contributed by atoms with van der Waals surface area (Å²) in [6, 6.07) is 14.4. The smallest absolute Gasteiger partial charge is 0.356 e. The van der Waals surface area contributed by atoms with Crippen LogP contribution in [0.2, 0.25) is 0 Å². The second-order valence-corrected chi connectivity index (χ2v) is 5.91. The molecule has 2 rings (SSSR count). The molecule has 2 aromatic rings. The number of hydrogen-bond acceptors (Lipinski definition) is 1. The Kier molecular flexibility index (Phi) is 7.75. The van der Waals surface area contributed by atoms with Crippen molar-refractivity contribution in [3.63, 3.8) is 0 Å². The van der Waals surface area contributed by atoms with Crippen LogP contribution in [-0.4, -0.2) is 25.6 Å². The number of halogens is 6. The summed E-state index contributed by atoms with van der Waals surface area (Å²) in [4.78, 5) is 0. The number of alkyl halides is 6. The van der Waals surface area contributed by atoms with E-state index in [1.54, 1.807) is 12.1 Å². The Morgan fingerprint density at radius 1 is 0.621 bits per heavy atom. The van der Waals surface area contributed by atoms with Gasteiger partial charge in [-0.05, 0) is 11.1 Å². The van der Waals surface area contributed by atoms with Crippen molar-refractivity contribution in [2.45, 2.75) is 24.2 Å². The SMILES string of the molecule is FC(F)(F)C(C#CCOCC#CC(c1ccccc1)C(F)(F)F)c1ccccc1. The van der Waals surface area contributed by atoms with Crippen LogP contribution in [0.15, 0.2) is 60.7 Å². The molecule has 0 saturated carbocycles. The van der Waals surface area contributed by atoms with E-state index >= 15 is 0 Å². The fraction of sp³-hybridized carbons (Fsp3) is 0.273. The summed E-state index contributed by atoms with van der Waals surface area (Å²) in [5, 5.41) is 0. The van der Waals surface area contributed by atoms with E-state index in [1.807, 2.05) is 0 Å². The van der Waals surface area contributed by atoms with Crippen LogP contribution < -0.4 is 0 Å². The molecular weight excluding hydrogens is 394 g/mol. The minimum absolute atomic E-state index is 0.00294. The standard InChI is InChI=1S/C22H16F6O/c23-21(24,25)19(17-9-3-1-4-10-17)13-7-15-29-16-8-14-20(22(26,27)28)18-11-5-2-6-12-18/h1-6,9-12,19-20H,15-16H2. The molecule has 0 spiro atoms. The minimum Gasteiger partial charge on any atom is -0.356 e. The lowest BCUT2D eigenvalue weighted by atomic mass is 9.99. The quantitative estimate of drug-likeness (QED) is 0.357. The summed E-state index contributed by atoms with van der Waals surface area (Å²) in [5.74, 6) is 4.78. The zero-order valence-electron chi connectivity index (χ0n) is 15.0. The van der Waals surface area contributed by atoms with Gasteiger partial charge < -0.3 is 4.74 Å². The normalized spacial score (nSPS) is 13.4. The van der Waals surface area contributed by atoms with Crippen LogP contribution in [0.3, 0.4) is 0 Å². The van der Waals surface area contributed by atoms with Crippen LogP contribution in [0.25, 0.3) is 0 Å². The minimum atomic E-state index is -4.55. The molecule has 0 N–H and O–H groups in total. The lowest BCUT2D eigenvalue weighted by molar-refractivity contribution is -0.138. The Hall–Kier alpha value is -2.90. The van der Waals surface area contributed by atoms with Crippen molar-refractivity contribution in [3.05, 3.63) is 71.8 Å². The van der Waals surface area contributed by atoms with Gasteiger partial charge in [-0.2, -0.15) is 26.3 Å². The Morgan fingerprint density at radius 3 is 1.28 bits per heavy atom. The third-order valence-corrected chi connectivity index (χ3v) is 3.76. The molecule has 152 valence electrons. The zero-order valence-corrected chi connectivity index (χ0v) is 15.0. The summed E-state index contributed by atoms with van der Waals surface area (Å²) >= 11 is 0. The van der Waals surface area contributed by atoms with E-state index in [0.29, 0.717) is 0 Å². The van der Waals surface area contributed by atoms with Gasteiger partial charge >= 0.3 is 12.4 Å². The van der Waals surface area contributed by atoms with Crippen molar-refractivity contribution >= 4 is 0 Å². The summed E-state index contributed by atoms with van der Waals surface area (Å²) < 4.78 is 83.7. The first-order valence-corrected chi connectivity index (χ1v) is 8.47. The van der Waals surface area contributed by atoms with E-state index in [2.05, 4.69) is 23.7 Å². The van der Waals surface area contributed by atoms with Crippen molar-refractivity contribution < 1.29 is 31.1 Å². The predicted octanol–water partition coefficient (Wildman–Crippen LogP) is 5.70. The molecule has 2 unspecified atom stereocenters. The summed E-state index contributed by atoms with van der Waals surface area (Å²) in [6.07, 6.45) is -9.10. The molecule has 0 heterocycles. The number of benzene rings is 2. The van der Waals surface area contributed by atoms with Crippen LogP contribution in [-0.2, 0) is 4.74 Å². The van der Waals surface area contributed by atoms with Crippen molar-refractivity contribution in [2.24, 2.45) is 0 Å². The molecule has 29 heavy (non-hydrogen) atoms. The van der Waals surface area contributed by atoms with Gasteiger partial charge in [0.25, 0.3) is 0 Å². The van der Waals surface area contributed by atoms with Crippen molar-refractivity contribution in [2.75, 3.05) is 13.2 Å². The highest BCUT2D eigenvalue weighted by Gasteiger charge is 2.40. The van der Waals surface area contributed by atoms with E-state index in [4.69, 9.17) is 4.74 Å². The highest BCUT2D eigenvalue weighted by Crippen LogP contribution is 2.34. The van der Waals surface area contributed by atoms with Crippen LogP contribution in [0.5, 0.6) is 0 Å². The molecule has 0 amide bonds. The average Bonchev–Trinajstić information content (AvgIpc) is 2.66. The van der Waals surface area contributed by atoms with Gasteiger partial charge in [0, 0.05) is 0 Å². The van der Waals surface area contributed by atoms with Gasteiger partial charge in [-0.3, -0.25) is 0 Å². The molecule has 0 radical (unpaired) electrons. The van der Waals surface area contributed by atoms with Gasteiger partial charge in [-0.1, -0.05) is 84.3 Å². The highest BCUT2D eigenvalue weighted by atomic mass is 19.4. The second-order valence-electron chi connectivity index (χ2n) is 5.91. The van der Waals surface area contributed by atoms with Crippen LogP contribution in [0, 0.1) is 23.7 Å². The second kappa shape index (κ2) is 10.0. The molecule has 7 heteroatoms. The maximum atomic E-state index is 13.1. The van der Waals surface area contributed by atoms with Gasteiger partial charge in [0.1, 0.15) is 25.0 Å². The van der Waals surface area contributed by atoms with Crippen LogP contribution in [0.1, 0.15) is 23.0 Å². The van der Waals surface area contributed by atoms with E-state index in [0.717, 1.165) is 0 Å². The topological polar surface area (TPSA) is 9.23 Å². The van der Waals surface area contributed by atoms with E-state index < -0.39 is 24.2 Å². The molecule has 0 aromatic heterocycles. The Labute approximate surface area is 164 Å². The van der Waals surface area contributed by atoms with Crippen LogP contribution in [0.4, 0.5) is 26.3 Å². The first-order valence-electron chi connectivity index (χ1n) is 8.47. The maximum Gasteiger partial charge on any atom is 0.406 e. The fourth-order valence-electron chi connectivity index (χ4n) is 2.44. The highest BCUT2D eigenvalue weighted by molar-refractivity contribution is 5.31. The van der Waals surface area contributed by atoms with Crippen molar-refractivity contribution in [3.8, 4) is 23.7 Å². The number of ether oxygens (including phenoxy) is 1. The molecule has 0 saturated heterocycles. The van der Waals surface area contributed by atoms with Crippen LogP contribution >= 0.6 is 0 Å². The Bertz CT molecular complexity index is 804. The molecular formula is C22H16F6O. The molecule has 0 aliphatic heterocycles. The van der Waals surface area contributed by atoms with E-state index in [1.165, 1.54) is 48.5 Å². The molecule has 2 aromatic carbocycles. The number of hydrogen-bond donors (Lipinski definition) is 0. The predicted molar refractivity (Wildman–Crippen MR) is 96.8 cm³/mol. The molecule has 0 fully saturated rings. The molecule has 0 aliphatic carbocycles. The molecule has 0 bridgehead atoms. The largest absolute Gasteiger partial charge is 0.406 e. The molecule has 0 aliphatic rings. The average molecular weight is 410 g/mol. The third kappa shape index (κ3) is 7.21. The van der Waals surface area contributed by atoms with Gasteiger partial charge in [0.2, 0.25) is 0 Å². The van der Waals surface area contributed by atoms with Gasteiger partial charge in [-0.25, -0.2) is 0 Å². The zero-order chi connectivity index (χ0) is 21.3. The Balaban J connectivity index is 1.96. The monoisotopic (exact) mass is 410 g/mol. The van der Waals surface area contributed by atoms with E-state index in [-0.39, 0.29) is 24.3 Å². The first kappa shape index (κ1) is 22.4.